The first-order chi connectivity index (χ1) is 18.2. The number of rotatable bonds is 10. The second-order valence-electron chi connectivity index (χ2n) is 8.45. The minimum atomic E-state index is -3.65. The van der Waals surface area contributed by atoms with E-state index in [-0.39, 0.29) is 10.5 Å². The van der Waals surface area contributed by atoms with Crippen LogP contribution >= 0.6 is 27.3 Å². The summed E-state index contributed by atoms with van der Waals surface area (Å²) in [5.74, 6) is 0.276. The van der Waals surface area contributed by atoms with Gasteiger partial charge in [0.05, 0.1) is 28.4 Å². The molecule has 0 saturated carbocycles. The van der Waals surface area contributed by atoms with Gasteiger partial charge in [0.15, 0.2) is 0 Å². The molecule has 0 unspecified atom stereocenters. The SMILES string of the molecule is CCCCN(C)S(=O)(=O)c1ccc(C(=O)N(/N=C/c2ccc(OC)cc2)c2nc3ccc(Br)cc3s2)cc1. The summed E-state index contributed by atoms with van der Waals surface area (Å²) in [5, 5.41) is 6.10. The zero-order chi connectivity index (χ0) is 27.3. The molecule has 0 fully saturated rings. The molecule has 0 aliphatic carbocycles. The number of carbonyl (C=O) groups excluding carboxylic acids is 1. The number of methoxy groups -OCH3 is 1. The highest BCUT2D eigenvalue weighted by Gasteiger charge is 2.24. The summed E-state index contributed by atoms with van der Waals surface area (Å²) in [6.07, 6.45) is 3.23. The van der Waals surface area contributed by atoms with Crippen molar-refractivity contribution in [3.63, 3.8) is 0 Å². The zero-order valence-corrected chi connectivity index (χ0v) is 24.4. The predicted molar refractivity (Wildman–Crippen MR) is 156 cm³/mol. The molecule has 0 spiro atoms. The molecule has 1 amide bonds. The fourth-order valence-electron chi connectivity index (χ4n) is 3.55. The fraction of sp³-hybridized carbons (Fsp3) is 0.222. The number of anilines is 1. The first-order valence-corrected chi connectivity index (χ1v) is 14.9. The predicted octanol–water partition coefficient (Wildman–Crippen LogP) is 6.17. The second-order valence-corrected chi connectivity index (χ2v) is 12.4. The molecule has 0 atom stereocenters. The average Bonchev–Trinajstić information content (AvgIpc) is 3.34. The smallest absolute Gasteiger partial charge is 0.280 e. The second kappa shape index (κ2) is 12.2. The van der Waals surface area contributed by atoms with Crippen molar-refractivity contribution in [2.45, 2.75) is 24.7 Å². The maximum absolute atomic E-state index is 13.6. The molecular formula is C27H27BrN4O4S2. The number of hydrazone groups is 1. The summed E-state index contributed by atoms with van der Waals surface area (Å²) in [6.45, 7) is 2.44. The Bertz CT molecular complexity index is 1550. The monoisotopic (exact) mass is 614 g/mol. The van der Waals surface area contributed by atoms with Gasteiger partial charge in [-0.15, -0.1) is 0 Å². The van der Waals surface area contributed by atoms with Gasteiger partial charge in [0.1, 0.15) is 5.75 Å². The van der Waals surface area contributed by atoms with Crippen LogP contribution in [-0.4, -0.2) is 50.5 Å². The molecule has 4 aromatic rings. The standard InChI is InChI=1S/C27H27BrN4O4S2/c1-4-5-16-31(2)38(34,35)23-13-8-20(9-14-23)26(33)32(29-18-19-6-11-22(36-3)12-7-19)27-30-24-15-10-21(28)17-25(24)37-27/h6-15,17-18H,4-5,16H2,1-3H3/b29-18+. The van der Waals surface area contributed by atoms with Gasteiger partial charge in [0.2, 0.25) is 15.2 Å². The molecule has 0 N–H and O–H groups in total. The number of hydrogen-bond donors (Lipinski definition) is 0. The van der Waals surface area contributed by atoms with Gasteiger partial charge in [-0.2, -0.15) is 10.1 Å². The third-order valence-corrected chi connectivity index (χ3v) is 9.14. The molecule has 4 rings (SSSR count). The van der Waals surface area contributed by atoms with Gasteiger partial charge in [-0.25, -0.2) is 17.7 Å². The van der Waals surface area contributed by atoms with E-state index in [0.717, 1.165) is 33.1 Å². The maximum Gasteiger partial charge on any atom is 0.280 e. The van der Waals surface area contributed by atoms with Crippen LogP contribution in [0.15, 0.2) is 81.2 Å². The van der Waals surface area contributed by atoms with E-state index in [9.17, 15) is 13.2 Å². The van der Waals surface area contributed by atoms with E-state index in [2.05, 4.69) is 26.0 Å². The molecule has 3 aromatic carbocycles. The summed E-state index contributed by atoms with van der Waals surface area (Å²) < 4.78 is 34.1. The van der Waals surface area contributed by atoms with E-state index in [1.165, 1.54) is 44.9 Å². The molecule has 0 radical (unpaired) electrons. The Morgan fingerprint density at radius 2 is 1.82 bits per heavy atom. The van der Waals surface area contributed by atoms with Crippen molar-refractivity contribution in [2.24, 2.45) is 5.10 Å². The Kier molecular flexibility index (Phi) is 8.93. The number of aromatic nitrogens is 1. The number of nitrogens with zero attached hydrogens (tertiary/aromatic N) is 4. The third-order valence-electron chi connectivity index (χ3n) is 5.79. The van der Waals surface area contributed by atoms with Gasteiger partial charge >= 0.3 is 0 Å². The Hall–Kier alpha value is -3.12. The highest BCUT2D eigenvalue weighted by Crippen LogP contribution is 2.32. The average molecular weight is 616 g/mol. The summed E-state index contributed by atoms with van der Waals surface area (Å²) in [5.41, 5.74) is 1.79. The Balaban J connectivity index is 1.67. The van der Waals surface area contributed by atoms with E-state index < -0.39 is 15.9 Å². The largest absolute Gasteiger partial charge is 0.497 e. The molecule has 8 nitrogen and oxygen atoms in total. The Morgan fingerprint density at radius 3 is 2.47 bits per heavy atom. The third kappa shape index (κ3) is 6.29. The molecule has 0 saturated heterocycles. The Labute approximate surface area is 234 Å². The first kappa shape index (κ1) is 27.9. The van der Waals surface area contributed by atoms with E-state index in [0.29, 0.717) is 17.4 Å². The minimum Gasteiger partial charge on any atom is -0.497 e. The highest BCUT2D eigenvalue weighted by atomic mass is 79.9. The quantitative estimate of drug-likeness (QED) is 0.157. The van der Waals surface area contributed by atoms with Gasteiger partial charge in [-0.1, -0.05) is 40.6 Å². The van der Waals surface area contributed by atoms with Crippen LogP contribution in [0.3, 0.4) is 0 Å². The molecular weight excluding hydrogens is 588 g/mol. The summed E-state index contributed by atoms with van der Waals surface area (Å²) in [4.78, 5) is 18.4. The number of unbranched alkanes of at least 4 members (excludes halogenated alkanes) is 1. The lowest BCUT2D eigenvalue weighted by atomic mass is 10.2. The van der Waals surface area contributed by atoms with Crippen LogP contribution in [0.25, 0.3) is 10.2 Å². The topological polar surface area (TPSA) is 92.2 Å². The van der Waals surface area contributed by atoms with Crippen molar-refractivity contribution in [1.82, 2.24) is 9.29 Å². The van der Waals surface area contributed by atoms with Crippen molar-refractivity contribution >= 4 is 64.8 Å². The Morgan fingerprint density at radius 1 is 1.11 bits per heavy atom. The van der Waals surface area contributed by atoms with Crippen molar-refractivity contribution < 1.29 is 17.9 Å². The van der Waals surface area contributed by atoms with Crippen molar-refractivity contribution in [1.29, 1.82) is 0 Å². The highest BCUT2D eigenvalue weighted by molar-refractivity contribution is 9.10. The van der Waals surface area contributed by atoms with E-state index in [4.69, 9.17) is 4.74 Å². The lowest BCUT2D eigenvalue weighted by Crippen LogP contribution is -2.28. The number of halogens is 1. The molecule has 0 aliphatic heterocycles. The van der Waals surface area contributed by atoms with Gasteiger partial charge in [0.25, 0.3) is 5.91 Å². The normalized spacial score (nSPS) is 11.9. The zero-order valence-electron chi connectivity index (χ0n) is 21.2. The molecule has 38 heavy (non-hydrogen) atoms. The van der Waals surface area contributed by atoms with Crippen LogP contribution in [0.4, 0.5) is 5.13 Å². The molecule has 198 valence electrons. The van der Waals surface area contributed by atoms with Crippen molar-refractivity contribution in [2.75, 3.05) is 25.7 Å². The van der Waals surface area contributed by atoms with Crippen LogP contribution in [0.1, 0.15) is 35.7 Å². The van der Waals surface area contributed by atoms with E-state index in [1.54, 1.807) is 32.5 Å². The number of hydrogen-bond acceptors (Lipinski definition) is 7. The lowest BCUT2D eigenvalue weighted by Gasteiger charge is -2.17. The summed E-state index contributed by atoms with van der Waals surface area (Å²) in [6, 6.07) is 18.9. The maximum atomic E-state index is 13.6. The molecule has 0 bridgehead atoms. The fourth-order valence-corrected chi connectivity index (χ4v) is 6.24. The van der Waals surface area contributed by atoms with Gasteiger partial charge in [-0.05, 0) is 78.7 Å². The van der Waals surface area contributed by atoms with Crippen LogP contribution in [0.2, 0.25) is 0 Å². The van der Waals surface area contributed by atoms with E-state index in [1.807, 2.05) is 37.3 Å². The van der Waals surface area contributed by atoms with Crippen molar-refractivity contribution in [3.8, 4) is 5.75 Å². The van der Waals surface area contributed by atoms with E-state index >= 15 is 0 Å². The number of benzene rings is 3. The number of fused-ring (bicyclic) bond motifs is 1. The van der Waals surface area contributed by atoms with Gasteiger partial charge in [0, 0.05) is 23.6 Å². The van der Waals surface area contributed by atoms with Gasteiger partial charge in [-0.3, -0.25) is 4.79 Å². The van der Waals surface area contributed by atoms with Crippen LogP contribution < -0.4 is 9.75 Å². The molecule has 1 aromatic heterocycles. The number of carbonyl (C=O) groups is 1. The van der Waals surface area contributed by atoms with Crippen LogP contribution in [0.5, 0.6) is 5.75 Å². The van der Waals surface area contributed by atoms with Crippen LogP contribution in [0, 0.1) is 0 Å². The number of amides is 1. The van der Waals surface area contributed by atoms with Gasteiger partial charge < -0.3 is 4.74 Å². The first-order valence-electron chi connectivity index (χ1n) is 11.9. The molecule has 0 aliphatic rings. The molecule has 1 heterocycles. The summed E-state index contributed by atoms with van der Waals surface area (Å²) in [7, 11) is -0.493. The van der Waals surface area contributed by atoms with Crippen molar-refractivity contribution in [3.05, 3.63) is 82.3 Å². The minimum absolute atomic E-state index is 0.130. The number of ether oxygens (including phenoxy) is 1. The summed E-state index contributed by atoms with van der Waals surface area (Å²) >= 11 is 4.80. The lowest BCUT2D eigenvalue weighted by molar-refractivity contribution is 0.0987. The van der Waals surface area contributed by atoms with Crippen LogP contribution in [-0.2, 0) is 10.0 Å². The number of sulfonamides is 1. The molecule has 11 heteroatoms. The number of thiazole rings is 1.